The van der Waals surface area contributed by atoms with E-state index in [1.807, 2.05) is 12.1 Å². The van der Waals surface area contributed by atoms with E-state index >= 15 is 0 Å². The lowest BCUT2D eigenvalue weighted by atomic mass is 10.00. The third kappa shape index (κ3) is 14.8. The predicted molar refractivity (Wildman–Crippen MR) is 134 cm³/mol. The molecular formula is C29H50O. The molecule has 0 amide bonds. The minimum atomic E-state index is 0.326. The van der Waals surface area contributed by atoms with Crippen LogP contribution in [0, 0.1) is 0 Å². The van der Waals surface area contributed by atoms with E-state index in [-0.39, 0.29) is 0 Å². The summed E-state index contributed by atoms with van der Waals surface area (Å²) in [4.78, 5) is 12.4. The molecular weight excluding hydrogens is 364 g/mol. The molecule has 30 heavy (non-hydrogen) atoms. The van der Waals surface area contributed by atoms with Crippen LogP contribution in [-0.4, -0.2) is 5.78 Å². The van der Waals surface area contributed by atoms with Crippen LogP contribution in [0.15, 0.2) is 24.3 Å². The van der Waals surface area contributed by atoms with Gasteiger partial charge in [0.2, 0.25) is 0 Å². The normalized spacial score (nSPS) is 11.1. The lowest BCUT2D eigenvalue weighted by molar-refractivity contribution is 0.0979. The molecule has 0 heterocycles. The standard InChI is InChI=1S/C29H50O/c1-3-5-7-9-10-11-12-13-14-15-16-18-20-22-29(30)28-25-23-27(24-26-28)21-19-17-8-6-4-2/h23-26H,3-22H2,1-2H3. The number of carbonyl (C=O) groups is 1. The van der Waals surface area contributed by atoms with E-state index in [2.05, 4.69) is 26.0 Å². The molecule has 0 unspecified atom stereocenters. The molecule has 0 aliphatic carbocycles. The lowest BCUT2D eigenvalue weighted by Gasteiger charge is -2.05. The average Bonchev–Trinajstić information content (AvgIpc) is 2.77. The van der Waals surface area contributed by atoms with E-state index in [0.29, 0.717) is 12.2 Å². The highest BCUT2D eigenvalue weighted by Gasteiger charge is 2.05. The maximum absolute atomic E-state index is 12.4. The largest absolute Gasteiger partial charge is 0.294 e. The van der Waals surface area contributed by atoms with Gasteiger partial charge in [0.25, 0.3) is 0 Å². The lowest BCUT2D eigenvalue weighted by Crippen LogP contribution is -1.99. The number of ketones is 1. The van der Waals surface area contributed by atoms with E-state index in [1.165, 1.54) is 115 Å². The summed E-state index contributed by atoms with van der Waals surface area (Å²) in [6.45, 7) is 4.54. The van der Waals surface area contributed by atoms with Crippen molar-refractivity contribution in [3.05, 3.63) is 35.4 Å². The summed E-state index contributed by atoms with van der Waals surface area (Å²) in [5.74, 6) is 0.326. The highest BCUT2D eigenvalue weighted by Crippen LogP contribution is 2.15. The SMILES string of the molecule is CCCCCCCCCCCCCCCC(=O)c1ccc(CCCCCCC)cc1. The summed E-state index contributed by atoms with van der Waals surface area (Å²) in [7, 11) is 0. The first-order valence-electron chi connectivity index (χ1n) is 13.4. The van der Waals surface area contributed by atoms with Gasteiger partial charge < -0.3 is 0 Å². The minimum Gasteiger partial charge on any atom is -0.294 e. The quantitative estimate of drug-likeness (QED) is 0.144. The summed E-state index contributed by atoms with van der Waals surface area (Å²) in [6, 6.07) is 8.42. The molecule has 1 rings (SSSR count). The number of benzene rings is 1. The topological polar surface area (TPSA) is 17.1 Å². The molecule has 0 saturated heterocycles. The van der Waals surface area contributed by atoms with Gasteiger partial charge in [-0.25, -0.2) is 0 Å². The van der Waals surface area contributed by atoms with Gasteiger partial charge in [-0.15, -0.1) is 0 Å². The number of unbranched alkanes of at least 4 members (excludes halogenated alkanes) is 16. The second-order valence-corrected chi connectivity index (χ2v) is 9.28. The molecule has 1 heteroatoms. The van der Waals surface area contributed by atoms with Crippen LogP contribution < -0.4 is 0 Å². The molecule has 1 nitrogen and oxygen atoms in total. The van der Waals surface area contributed by atoms with E-state index in [9.17, 15) is 4.79 Å². The Morgan fingerprint density at radius 1 is 0.533 bits per heavy atom. The Morgan fingerprint density at radius 3 is 1.40 bits per heavy atom. The van der Waals surface area contributed by atoms with E-state index in [1.54, 1.807) is 0 Å². The fourth-order valence-corrected chi connectivity index (χ4v) is 4.24. The Hall–Kier alpha value is -1.11. The number of Topliss-reactive ketones (excluding diaryl/α,β-unsaturated/α-hetero) is 1. The van der Waals surface area contributed by atoms with Crippen molar-refractivity contribution in [1.82, 2.24) is 0 Å². The molecule has 0 radical (unpaired) electrons. The number of aryl methyl sites for hydroxylation is 1. The van der Waals surface area contributed by atoms with Crippen molar-refractivity contribution in [3.63, 3.8) is 0 Å². The third-order valence-corrected chi connectivity index (χ3v) is 6.35. The van der Waals surface area contributed by atoms with Crippen LogP contribution in [-0.2, 0) is 6.42 Å². The second-order valence-electron chi connectivity index (χ2n) is 9.28. The van der Waals surface area contributed by atoms with Crippen molar-refractivity contribution < 1.29 is 4.79 Å². The first kappa shape index (κ1) is 26.9. The molecule has 172 valence electrons. The van der Waals surface area contributed by atoms with Gasteiger partial charge in [-0.3, -0.25) is 4.79 Å². The summed E-state index contributed by atoms with van der Waals surface area (Å²) in [6.07, 6.45) is 26.0. The smallest absolute Gasteiger partial charge is 0.162 e. The van der Waals surface area contributed by atoms with Crippen LogP contribution in [0.2, 0.25) is 0 Å². The van der Waals surface area contributed by atoms with Crippen LogP contribution >= 0.6 is 0 Å². The zero-order chi connectivity index (χ0) is 21.7. The van der Waals surface area contributed by atoms with E-state index in [0.717, 1.165) is 18.4 Å². The van der Waals surface area contributed by atoms with Crippen molar-refractivity contribution in [2.45, 2.75) is 142 Å². The fraction of sp³-hybridized carbons (Fsp3) is 0.759. The number of hydrogen-bond acceptors (Lipinski definition) is 1. The van der Waals surface area contributed by atoms with Crippen molar-refractivity contribution >= 4 is 5.78 Å². The van der Waals surface area contributed by atoms with Crippen molar-refractivity contribution in [2.75, 3.05) is 0 Å². The Morgan fingerprint density at radius 2 is 0.933 bits per heavy atom. The van der Waals surface area contributed by atoms with Gasteiger partial charge in [0.1, 0.15) is 0 Å². The Bertz CT molecular complexity index is 502. The van der Waals surface area contributed by atoms with Gasteiger partial charge in [-0.05, 0) is 24.8 Å². The van der Waals surface area contributed by atoms with Gasteiger partial charge in [0.05, 0.1) is 0 Å². The van der Waals surface area contributed by atoms with E-state index < -0.39 is 0 Å². The highest BCUT2D eigenvalue weighted by molar-refractivity contribution is 5.96. The first-order valence-corrected chi connectivity index (χ1v) is 13.4. The molecule has 0 aromatic heterocycles. The molecule has 0 aliphatic heterocycles. The molecule has 1 aromatic carbocycles. The Kier molecular flexibility index (Phi) is 17.8. The van der Waals surface area contributed by atoms with Gasteiger partial charge in [0.15, 0.2) is 5.78 Å². The van der Waals surface area contributed by atoms with Crippen molar-refractivity contribution in [1.29, 1.82) is 0 Å². The Labute approximate surface area is 188 Å². The van der Waals surface area contributed by atoms with E-state index in [4.69, 9.17) is 0 Å². The zero-order valence-corrected chi connectivity index (χ0v) is 20.4. The number of rotatable bonds is 21. The Balaban J connectivity index is 1.97. The monoisotopic (exact) mass is 414 g/mol. The summed E-state index contributed by atoms with van der Waals surface area (Å²) in [5.41, 5.74) is 2.28. The molecule has 0 atom stereocenters. The van der Waals surface area contributed by atoms with Crippen LogP contribution in [0.1, 0.15) is 152 Å². The van der Waals surface area contributed by atoms with Crippen molar-refractivity contribution in [3.8, 4) is 0 Å². The van der Waals surface area contributed by atoms with Gasteiger partial charge in [-0.1, -0.05) is 141 Å². The number of carbonyl (C=O) groups excluding carboxylic acids is 1. The zero-order valence-electron chi connectivity index (χ0n) is 20.4. The molecule has 0 fully saturated rings. The summed E-state index contributed by atoms with van der Waals surface area (Å²) < 4.78 is 0. The third-order valence-electron chi connectivity index (χ3n) is 6.35. The summed E-state index contributed by atoms with van der Waals surface area (Å²) >= 11 is 0. The first-order chi connectivity index (χ1) is 14.8. The highest BCUT2D eigenvalue weighted by atomic mass is 16.1. The molecule has 0 aliphatic rings. The van der Waals surface area contributed by atoms with Crippen LogP contribution in [0.3, 0.4) is 0 Å². The second kappa shape index (κ2) is 19.8. The molecule has 0 spiro atoms. The fourth-order valence-electron chi connectivity index (χ4n) is 4.24. The predicted octanol–water partition coefficient (Wildman–Crippen LogP) is 9.86. The summed E-state index contributed by atoms with van der Waals surface area (Å²) in [5, 5.41) is 0. The molecule has 0 bridgehead atoms. The van der Waals surface area contributed by atoms with Gasteiger partial charge in [0, 0.05) is 12.0 Å². The van der Waals surface area contributed by atoms with Gasteiger partial charge in [-0.2, -0.15) is 0 Å². The minimum absolute atomic E-state index is 0.326. The van der Waals surface area contributed by atoms with Crippen LogP contribution in [0.4, 0.5) is 0 Å². The van der Waals surface area contributed by atoms with Crippen molar-refractivity contribution in [2.24, 2.45) is 0 Å². The maximum Gasteiger partial charge on any atom is 0.162 e. The number of hydrogen-bond donors (Lipinski definition) is 0. The average molecular weight is 415 g/mol. The van der Waals surface area contributed by atoms with Crippen LogP contribution in [0.25, 0.3) is 0 Å². The molecule has 0 saturated carbocycles. The maximum atomic E-state index is 12.4. The molecule has 1 aromatic rings. The van der Waals surface area contributed by atoms with Crippen LogP contribution in [0.5, 0.6) is 0 Å². The molecule has 0 N–H and O–H groups in total. The van der Waals surface area contributed by atoms with Gasteiger partial charge >= 0.3 is 0 Å².